The zero-order chi connectivity index (χ0) is 20.2. The second-order valence-corrected chi connectivity index (χ2v) is 7.00. The van der Waals surface area contributed by atoms with Gasteiger partial charge in [0.1, 0.15) is 0 Å². The first-order chi connectivity index (χ1) is 13.7. The van der Waals surface area contributed by atoms with Gasteiger partial charge in [-0.2, -0.15) is 0 Å². The molecule has 2 rings (SSSR count). The number of hydrogen-bond acceptors (Lipinski definition) is 4. The summed E-state index contributed by atoms with van der Waals surface area (Å²) in [7, 11) is 1.75. The number of nitrogens with zero attached hydrogens (tertiary/aromatic N) is 2. The van der Waals surface area contributed by atoms with Gasteiger partial charge in [0.15, 0.2) is 17.5 Å². The molecule has 1 heterocycles. The lowest BCUT2D eigenvalue weighted by molar-refractivity contribution is 0.155. The molecule has 0 aromatic heterocycles. The molecule has 0 radical (unpaired) electrons. The van der Waals surface area contributed by atoms with Crippen molar-refractivity contribution in [3.8, 4) is 5.75 Å². The standard InChI is InChI=1S/C21H35FN4O2.HI/c1-4-23-21(24-16-17-7-8-20(28-5-2)19(22)15-17)25-18-9-12-26(13-10-18)11-6-14-27-3;/h7-8,15,18H,4-6,9-14,16H2,1-3H3,(H2,23,24,25);1H. The highest BCUT2D eigenvalue weighted by molar-refractivity contribution is 14.0. The summed E-state index contributed by atoms with van der Waals surface area (Å²) in [5, 5.41) is 6.82. The summed E-state index contributed by atoms with van der Waals surface area (Å²) in [6, 6.07) is 5.44. The van der Waals surface area contributed by atoms with Crippen molar-refractivity contribution in [2.75, 3.05) is 46.5 Å². The van der Waals surface area contributed by atoms with Crippen LogP contribution in [0, 0.1) is 5.82 Å². The highest BCUT2D eigenvalue weighted by Crippen LogP contribution is 2.18. The minimum Gasteiger partial charge on any atom is -0.491 e. The summed E-state index contributed by atoms with van der Waals surface area (Å²) in [4.78, 5) is 7.12. The van der Waals surface area contributed by atoms with Gasteiger partial charge in [-0.1, -0.05) is 6.07 Å². The number of aliphatic imine (C=N–C) groups is 1. The van der Waals surface area contributed by atoms with E-state index in [1.807, 2.05) is 19.9 Å². The molecule has 1 fully saturated rings. The van der Waals surface area contributed by atoms with Gasteiger partial charge < -0.3 is 25.0 Å². The van der Waals surface area contributed by atoms with Crippen molar-refractivity contribution >= 4 is 29.9 Å². The van der Waals surface area contributed by atoms with E-state index < -0.39 is 0 Å². The van der Waals surface area contributed by atoms with Crippen molar-refractivity contribution < 1.29 is 13.9 Å². The fourth-order valence-electron chi connectivity index (χ4n) is 3.33. The Morgan fingerprint density at radius 1 is 1.28 bits per heavy atom. The summed E-state index contributed by atoms with van der Waals surface area (Å²) in [6.07, 6.45) is 3.27. The van der Waals surface area contributed by atoms with Crippen LogP contribution in [-0.2, 0) is 11.3 Å². The lowest BCUT2D eigenvalue weighted by Crippen LogP contribution is -2.48. The molecule has 29 heavy (non-hydrogen) atoms. The first kappa shape index (κ1) is 25.9. The van der Waals surface area contributed by atoms with Gasteiger partial charge in [0.2, 0.25) is 0 Å². The van der Waals surface area contributed by atoms with Crippen molar-refractivity contribution in [1.29, 1.82) is 0 Å². The minimum absolute atomic E-state index is 0. The third kappa shape index (κ3) is 9.48. The number of piperidine rings is 1. The van der Waals surface area contributed by atoms with Crippen LogP contribution in [0.3, 0.4) is 0 Å². The van der Waals surface area contributed by atoms with E-state index in [1.165, 1.54) is 6.07 Å². The van der Waals surface area contributed by atoms with Crippen LogP contribution in [0.5, 0.6) is 5.75 Å². The van der Waals surface area contributed by atoms with Crippen LogP contribution in [0.4, 0.5) is 4.39 Å². The van der Waals surface area contributed by atoms with Crippen molar-refractivity contribution in [3.05, 3.63) is 29.6 Å². The maximum Gasteiger partial charge on any atom is 0.191 e. The van der Waals surface area contributed by atoms with Gasteiger partial charge in [-0.25, -0.2) is 9.38 Å². The molecule has 0 aliphatic carbocycles. The first-order valence-electron chi connectivity index (χ1n) is 10.3. The summed E-state index contributed by atoms with van der Waals surface area (Å²) in [5.74, 6) is 0.737. The van der Waals surface area contributed by atoms with E-state index in [9.17, 15) is 4.39 Å². The van der Waals surface area contributed by atoms with Crippen LogP contribution in [-0.4, -0.2) is 63.4 Å². The van der Waals surface area contributed by atoms with E-state index in [-0.39, 0.29) is 35.5 Å². The second-order valence-electron chi connectivity index (χ2n) is 7.00. The third-order valence-electron chi connectivity index (χ3n) is 4.81. The summed E-state index contributed by atoms with van der Waals surface area (Å²) >= 11 is 0. The Balaban J connectivity index is 0.00000420. The first-order valence-corrected chi connectivity index (χ1v) is 10.3. The molecule has 1 aromatic carbocycles. The molecule has 2 N–H and O–H groups in total. The van der Waals surface area contributed by atoms with Crippen molar-refractivity contribution in [2.24, 2.45) is 4.99 Å². The van der Waals surface area contributed by atoms with Gasteiger partial charge in [-0.15, -0.1) is 24.0 Å². The number of halogens is 2. The van der Waals surface area contributed by atoms with Crippen molar-refractivity contribution in [3.63, 3.8) is 0 Å². The van der Waals surface area contributed by atoms with E-state index in [2.05, 4.69) is 20.5 Å². The maximum absolute atomic E-state index is 14.0. The van der Waals surface area contributed by atoms with Crippen LogP contribution in [0.2, 0.25) is 0 Å². The normalized spacial score (nSPS) is 15.7. The van der Waals surface area contributed by atoms with Crippen LogP contribution in [0.25, 0.3) is 0 Å². The maximum atomic E-state index is 14.0. The molecule has 6 nitrogen and oxygen atoms in total. The molecule has 1 saturated heterocycles. The summed E-state index contributed by atoms with van der Waals surface area (Å²) < 4.78 is 24.4. The SMILES string of the molecule is CCNC(=NCc1ccc(OCC)c(F)c1)NC1CCN(CCCOC)CC1.I. The van der Waals surface area contributed by atoms with Crippen LogP contribution < -0.4 is 15.4 Å². The van der Waals surface area contributed by atoms with Gasteiger partial charge >= 0.3 is 0 Å². The highest BCUT2D eigenvalue weighted by Gasteiger charge is 2.19. The van der Waals surface area contributed by atoms with Crippen molar-refractivity contribution in [2.45, 2.75) is 45.7 Å². The second kappa shape index (κ2) is 14.8. The number of guanidine groups is 1. The lowest BCUT2D eigenvalue weighted by atomic mass is 10.1. The molecule has 0 spiro atoms. The monoisotopic (exact) mass is 522 g/mol. The Kier molecular flexibility index (Phi) is 13.2. The Morgan fingerprint density at radius 2 is 2.03 bits per heavy atom. The van der Waals surface area contributed by atoms with E-state index in [0.29, 0.717) is 19.2 Å². The average molecular weight is 522 g/mol. The number of hydrogen-bond donors (Lipinski definition) is 2. The smallest absolute Gasteiger partial charge is 0.191 e. The van der Waals surface area contributed by atoms with Gasteiger partial charge in [-0.3, -0.25) is 0 Å². The molecule has 1 aromatic rings. The molecule has 0 atom stereocenters. The largest absolute Gasteiger partial charge is 0.491 e. The Morgan fingerprint density at radius 3 is 2.66 bits per heavy atom. The van der Waals surface area contributed by atoms with Gasteiger partial charge in [0.25, 0.3) is 0 Å². The molecule has 0 bridgehead atoms. The third-order valence-corrected chi connectivity index (χ3v) is 4.81. The van der Waals surface area contributed by atoms with Gasteiger partial charge in [-0.05, 0) is 50.8 Å². The van der Waals surface area contributed by atoms with Crippen LogP contribution in [0.15, 0.2) is 23.2 Å². The molecule has 1 aliphatic rings. The summed E-state index contributed by atoms with van der Waals surface area (Å²) in [6.45, 7) is 9.65. The zero-order valence-electron chi connectivity index (χ0n) is 17.9. The fraction of sp³-hybridized carbons (Fsp3) is 0.667. The van der Waals surface area contributed by atoms with Crippen molar-refractivity contribution in [1.82, 2.24) is 15.5 Å². The molecule has 166 valence electrons. The Labute approximate surface area is 191 Å². The Hall–Kier alpha value is -1.13. The molecule has 0 saturated carbocycles. The number of likely N-dealkylation sites (tertiary alicyclic amines) is 1. The van der Waals surface area contributed by atoms with E-state index in [4.69, 9.17) is 9.47 Å². The molecule has 1 aliphatic heterocycles. The molecule has 0 unspecified atom stereocenters. The quantitative estimate of drug-likeness (QED) is 0.214. The number of ether oxygens (including phenoxy) is 2. The average Bonchev–Trinajstić information content (AvgIpc) is 2.70. The lowest BCUT2D eigenvalue weighted by Gasteiger charge is -2.33. The minimum atomic E-state index is -0.339. The van der Waals surface area contributed by atoms with Gasteiger partial charge in [0, 0.05) is 45.9 Å². The predicted octanol–water partition coefficient (Wildman–Crippen LogP) is 3.40. The molecular weight excluding hydrogens is 486 g/mol. The summed E-state index contributed by atoms with van der Waals surface area (Å²) in [5.41, 5.74) is 0.825. The van der Waals surface area contributed by atoms with Gasteiger partial charge in [0.05, 0.1) is 13.2 Å². The van der Waals surface area contributed by atoms with Crippen LogP contribution >= 0.6 is 24.0 Å². The molecule has 0 amide bonds. The topological polar surface area (TPSA) is 58.1 Å². The number of rotatable bonds is 10. The molecule has 8 heteroatoms. The van der Waals surface area contributed by atoms with Crippen LogP contribution in [0.1, 0.15) is 38.7 Å². The number of benzene rings is 1. The Bertz CT molecular complexity index is 610. The highest BCUT2D eigenvalue weighted by atomic mass is 127. The predicted molar refractivity (Wildman–Crippen MR) is 127 cm³/mol. The number of nitrogens with one attached hydrogen (secondary N) is 2. The molecular formula is C21H36FIN4O2. The zero-order valence-corrected chi connectivity index (χ0v) is 20.2. The van der Waals surface area contributed by atoms with E-state index >= 15 is 0 Å². The fourth-order valence-corrected chi connectivity index (χ4v) is 3.33. The van der Waals surface area contributed by atoms with E-state index in [1.54, 1.807) is 13.2 Å². The number of methoxy groups -OCH3 is 1. The van der Waals surface area contributed by atoms with E-state index in [0.717, 1.165) is 63.6 Å².